The number of benzene rings is 1. The van der Waals surface area contributed by atoms with Gasteiger partial charge in [0.15, 0.2) is 6.61 Å². The van der Waals surface area contributed by atoms with Crippen molar-refractivity contribution in [1.82, 2.24) is 5.32 Å². The molecule has 1 heterocycles. The Labute approximate surface area is 135 Å². The van der Waals surface area contributed by atoms with Crippen molar-refractivity contribution in [3.05, 3.63) is 52.4 Å². The predicted octanol–water partition coefficient (Wildman–Crippen LogP) is 2.66. The number of ether oxygens (including phenoxy) is 1. The summed E-state index contributed by atoms with van der Waals surface area (Å²) in [6.45, 7) is 1.38. The quantitative estimate of drug-likeness (QED) is 0.626. The van der Waals surface area contributed by atoms with E-state index in [1.165, 1.54) is 6.26 Å². The van der Waals surface area contributed by atoms with E-state index in [1.807, 2.05) is 0 Å². The first-order valence-corrected chi connectivity index (χ1v) is 7.31. The number of carbonyl (C=O) groups is 2. The van der Waals surface area contributed by atoms with Crippen LogP contribution in [-0.2, 0) is 9.53 Å². The second kappa shape index (κ2) is 7.13. The molecule has 0 fully saturated rings. The van der Waals surface area contributed by atoms with Gasteiger partial charge < -0.3 is 20.2 Å². The second-order valence-electron chi connectivity index (χ2n) is 4.61. The molecule has 0 saturated carbocycles. The minimum Gasteiger partial charge on any atom is -0.467 e. The van der Waals surface area contributed by atoms with Gasteiger partial charge in [-0.3, -0.25) is 4.79 Å². The Morgan fingerprint density at radius 2 is 2.18 bits per heavy atom. The molecule has 0 bridgehead atoms. The largest absolute Gasteiger partial charge is 0.467 e. The molecule has 0 aliphatic carbocycles. The first kappa shape index (κ1) is 16.1. The van der Waals surface area contributed by atoms with Crippen molar-refractivity contribution in [2.45, 2.75) is 13.0 Å². The second-order valence-corrected chi connectivity index (χ2v) is 5.53. The fourth-order valence-electron chi connectivity index (χ4n) is 1.81. The van der Waals surface area contributed by atoms with E-state index < -0.39 is 18.5 Å². The summed E-state index contributed by atoms with van der Waals surface area (Å²) in [5.74, 6) is -0.457. The third kappa shape index (κ3) is 4.11. The van der Waals surface area contributed by atoms with Crippen LogP contribution in [0.4, 0.5) is 5.69 Å². The van der Waals surface area contributed by atoms with Gasteiger partial charge in [-0.15, -0.1) is 0 Å². The Hall–Kier alpha value is -2.28. The number of hydrogen-bond donors (Lipinski definition) is 2. The average Bonchev–Trinajstić information content (AvgIpc) is 3.01. The third-order valence-corrected chi connectivity index (χ3v) is 3.41. The van der Waals surface area contributed by atoms with Gasteiger partial charge in [0.1, 0.15) is 5.76 Å². The molecule has 1 aromatic heterocycles. The molecule has 1 aromatic carbocycles. The molecule has 0 aliphatic heterocycles. The van der Waals surface area contributed by atoms with Crippen LogP contribution in [0.15, 0.2) is 45.5 Å². The van der Waals surface area contributed by atoms with Crippen LogP contribution in [0.1, 0.15) is 29.1 Å². The molecule has 6 nitrogen and oxygen atoms in total. The van der Waals surface area contributed by atoms with Crippen molar-refractivity contribution < 1.29 is 18.7 Å². The molecule has 2 aromatic rings. The SMILES string of the molecule is C[C@H](NC(=O)COC(=O)c1cc(Br)ccc1N)c1ccco1. The van der Waals surface area contributed by atoms with Gasteiger partial charge in [-0.1, -0.05) is 15.9 Å². The molecule has 0 radical (unpaired) electrons. The molecule has 0 unspecified atom stereocenters. The van der Waals surface area contributed by atoms with Crippen molar-refractivity contribution in [1.29, 1.82) is 0 Å². The molecule has 2 rings (SSSR count). The first-order valence-electron chi connectivity index (χ1n) is 6.52. The Morgan fingerprint density at radius 1 is 1.41 bits per heavy atom. The smallest absolute Gasteiger partial charge is 0.340 e. The summed E-state index contributed by atoms with van der Waals surface area (Å²) in [7, 11) is 0. The summed E-state index contributed by atoms with van der Waals surface area (Å²) < 4.78 is 10.8. The fourth-order valence-corrected chi connectivity index (χ4v) is 2.17. The molecular weight excluding hydrogens is 352 g/mol. The van der Waals surface area contributed by atoms with Crippen molar-refractivity contribution in [3.8, 4) is 0 Å². The molecule has 22 heavy (non-hydrogen) atoms. The fraction of sp³-hybridized carbons (Fsp3) is 0.200. The Kier molecular flexibility index (Phi) is 5.21. The number of nitrogen functional groups attached to an aromatic ring is 1. The van der Waals surface area contributed by atoms with Gasteiger partial charge in [0.2, 0.25) is 0 Å². The van der Waals surface area contributed by atoms with Crippen LogP contribution < -0.4 is 11.1 Å². The molecule has 1 atom stereocenters. The van der Waals surface area contributed by atoms with Crippen LogP contribution in [0.25, 0.3) is 0 Å². The normalized spacial score (nSPS) is 11.7. The summed E-state index contributed by atoms with van der Waals surface area (Å²) in [5, 5.41) is 2.66. The molecule has 116 valence electrons. The number of anilines is 1. The number of nitrogens with one attached hydrogen (secondary N) is 1. The van der Waals surface area contributed by atoms with Gasteiger partial charge in [0, 0.05) is 10.2 Å². The van der Waals surface area contributed by atoms with Gasteiger partial charge in [-0.2, -0.15) is 0 Å². The Balaban J connectivity index is 1.88. The summed E-state index contributed by atoms with van der Waals surface area (Å²) in [6, 6.07) is 8.01. The Morgan fingerprint density at radius 3 is 2.86 bits per heavy atom. The van der Waals surface area contributed by atoms with E-state index in [9.17, 15) is 9.59 Å². The highest BCUT2D eigenvalue weighted by Crippen LogP contribution is 2.19. The zero-order valence-corrected chi connectivity index (χ0v) is 13.4. The molecule has 0 saturated heterocycles. The van der Waals surface area contributed by atoms with Crippen LogP contribution in [0, 0.1) is 0 Å². The lowest BCUT2D eigenvalue weighted by Crippen LogP contribution is -2.31. The van der Waals surface area contributed by atoms with Crippen LogP contribution in [0.2, 0.25) is 0 Å². The van der Waals surface area contributed by atoms with E-state index in [1.54, 1.807) is 37.3 Å². The minimum absolute atomic E-state index is 0.209. The number of hydrogen-bond acceptors (Lipinski definition) is 5. The van der Waals surface area contributed by atoms with Crippen molar-refractivity contribution in [2.24, 2.45) is 0 Å². The number of furan rings is 1. The molecule has 1 amide bonds. The van der Waals surface area contributed by atoms with Crippen molar-refractivity contribution >= 4 is 33.5 Å². The van der Waals surface area contributed by atoms with E-state index in [2.05, 4.69) is 21.2 Å². The third-order valence-electron chi connectivity index (χ3n) is 2.92. The van der Waals surface area contributed by atoms with Gasteiger partial charge in [-0.05, 0) is 37.3 Å². The minimum atomic E-state index is -0.653. The zero-order chi connectivity index (χ0) is 16.1. The van der Waals surface area contributed by atoms with Gasteiger partial charge in [-0.25, -0.2) is 4.79 Å². The maximum absolute atomic E-state index is 11.9. The van der Waals surface area contributed by atoms with Crippen LogP contribution >= 0.6 is 15.9 Å². The topological polar surface area (TPSA) is 94.6 Å². The summed E-state index contributed by atoms with van der Waals surface area (Å²) in [4.78, 5) is 23.7. The standard InChI is InChI=1S/C15H15BrN2O4/c1-9(13-3-2-6-21-13)18-14(19)8-22-15(20)11-7-10(16)4-5-12(11)17/h2-7,9H,8,17H2,1H3,(H,18,19)/t9-/m0/s1. The maximum Gasteiger partial charge on any atom is 0.340 e. The van der Waals surface area contributed by atoms with Gasteiger partial charge in [0.05, 0.1) is 17.9 Å². The summed E-state index contributed by atoms with van der Waals surface area (Å²) in [6.07, 6.45) is 1.52. The van der Waals surface area contributed by atoms with Crippen LogP contribution in [0.3, 0.4) is 0 Å². The number of carbonyl (C=O) groups excluding carboxylic acids is 2. The number of rotatable bonds is 5. The molecule has 3 N–H and O–H groups in total. The number of amides is 1. The first-order chi connectivity index (χ1) is 10.5. The molecule has 7 heteroatoms. The van der Waals surface area contributed by atoms with Crippen LogP contribution in [0.5, 0.6) is 0 Å². The lowest BCUT2D eigenvalue weighted by molar-refractivity contribution is -0.125. The molecule has 0 aliphatic rings. The lowest BCUT2D eigenvalue weighted by atomic mass is 10.2. The molecular formula is C15H15BrN2O4. The monoisotopic (exact) mass is 366 g/mol. The van der Waals surface area contributed by atoms with E-state index in [-0.39, 0.29) is 17.3 Å². The number of nitrogens with two attached hydrogens (primary N) is 1. The van der Waals surface area contributed by atoms with Gasteiger partial charge in [0.25, 0.3) is 5.91 Å². The average molecular weight is 367 g/mol. The number of esters is 1. The summed E-state index contributed by atoms with van der Waals surface area (Å²) >= 11 is 3.25. The lowest BCUT2D eigenvalue weighted by Gasteiger charge is -2.12. The van der Waals surface area contributed by atoms with E-state index in [4.69, 9.17) is 14.9 Å². The zero-order valence-electron chi connectivity index (χ0n) is 11.8. The number of halogens is 1. The van der Waals surface area contributed by atoms with E-state index in [0.717, 1.165) is 0 Å². The molecule has 0 spiro atoms. The highest BCUT2D eigenvalue weighted by molar-refractivity contribution is 9.10. The van der Waals surface area contributed by atoms with E-state index in [0.29, 0.717) is 10.2 Å². The van der Waals surface area contributed by atoms with E-state index >= 15 is 0 Å². The highest BCUT2D eigenvalue weighted by atomic mass is 79.9. The van der Waals surface area contributed by atoms with Crippen molar-refractivity contribution in [2.75, 3.05) is 12.3 Å². The maximum atomic E-state index is 11.9. The highest BCUT2D eigenvalue weighted by Gasteiger charge is 2.16. The van der Waals surface area contributed by atoms with Crippen molar-refractivity contribution in [3.63, 3.8) is 0 Å². The summed E-state index contributed by atoms with van der Waals surface area (Å²) in [5.41, 5.74) is 6.21. The van der Waals surface area contributed by atoms with Gasteiger partial charge >= 0.3 is 5.97 Å². The van der Waals surface area contributed by atoms with Crippen LogP contribution in [-0.4, -0.2) is 18.5 Å². The predicted molar refractivity (Wildman–Crippen MR) is 84.1 cm³/mol. The Bertz CT molecular complexity index is 670.